The van der Waals surface area contributed by atoms with Crippen LogP contribution < -0.4 is 13.7 Å². The molecule has 3 aliphatic rings. The third-order valence-electron chi connectivity index (χ3n) is 13.7. The summed E-state index contributed by atoms with van der Waals surface area (Å²) in [5.41, 5.74) is 14.6. The first kappa shape index (κ1) is 42.2. The Morgan fingerprint density at radius 3 is 1.94 bits per heavy atom. The average molecular weight is 1080 g/mol. The van der Waals surface area contributed by atoms with Crippen molar-refractivity contribution in [2.75, 3.05) is 6.67 Å². The molecule has 1 saturated heterocycles. The second-order valence-electron chi connectivity index (χ2n) is 19.6. The molecular weight excluding hydrogens is 1020 g/mol. The Kier molecular flexibility index (Phi) is 10.6. The number of aromatic nitrogens is 2. The van der Waals surface area contributed by atoms with E-state index in [1.54, 1.807) is 0 Å². The second-order valence-corrected chi connectivity index (χ2v) is 19.6. The second kappa shape index (κ2) is 17.3. The van der Waals surface area contributed by atoms with Crippen LogP contribution >= 0.6 is 0 Å². The molecule has 0 unspecified atom stereocenters. The zero-order valence-corrected chi connectivity index (χ0v) is 41.6. The van der Waals surface area contributed by atoms with E-state index >= 15 is 0 Å². The molecular formula is C63H53N4OPt-. The van der Waals surface area contributed by atoms with E-state index in [9.17, 15) is 2.74 Å². The number of fused-ring (bicyclic) bond motifs is 3. The van der Waals surface area contributed by atoms with Crippen molar-refractivity contribution >= 4 is 44.6 Å². The predicted molar refractivity (Wildman–Crippen MR) is 281 cm³/mol. The molecule has 342 valence electrons. The molecule has 13 rings (SSSR count). The molecule has 8 aromatic carbocycles. The average Bonchev–Trinajstić information content (AvgIpc) is 3.97. The molecule has 2 bridgehead atoms. The van der Waals surface area contributed by atoms with E-state index in [4.69, 9.17) is 9.72 Å². The van der Waals surface area contributed by atoms with Crippen LogP contribution in [0, 0.1) is 24.7 Å². The van der Waals surface area contributed by atoms with Gasteiger partial charge in [-0.05, 0) is 81.2 Å². The minimum absolute atomic E-state index is 0. The Hall–Kier alpha value is -6.88. The molecule has 0 amide bonds. The Balaban J connectivity index is 0.00000547. The summed E-state index contributed by atoms with van der Waals surface area (Å²) in [6.45, 7) is 13.6. The van der Waals surface area contributed by atoms with Gasteiger partial charge in [-0.25, -0.2) is 4.98 Å². The molecule has 6 heteroatoms. The number of hydrogen-bond acceptors (Lipinski definition) is 2. The summed E-state index contributed by atoms with van der Waals surface area (Å²) in [7, 11) is 0. The van der Waals surface area contributed by atoms with Crippen LogP contribution in [0.3, 0.4) is 0 Å². The summed E-state index contributed by atoms with van der Waals surface area (Å²) in [5.74, 6) is 1.69. The van der Waals surface area contributed by atoms with Gasteiger partial charge in [0, 0.05) is 75.5 Å². The number of rotatable bonds is 10. The summed E-state index contributed by atoms with van der Waals surface area (Å²) in [4.78, 5) is 4.94. The van der Waals surface area contributed by atoms with E-state index in [0.717, 1.165) is 83.8 Å². The van der Waals surface area contributed by atoms with Crippen LogP contribution in [0.1, 0.15) is 48.5 Å². The quantitative estimate of drug-likeness (QED) is 0.101. The maximum absolute atomic E-state index is 9.66. The predicted octanol–water partition coefficient (Wildman–Crippen LogP) is 16.4. The zero-order valence-electron chi connectivity index (χ0n) is 41.4. The van der Waals surface area contributed by atoms with Crippen molar-refractivity contribution in [1.82, 2.24) is 18.5 Å². The van der Waals surface area contributed by atoms with Crippen molar-refractivity contribution in [3.63, 3.8) is 0 Å². The number of ether oxygens (including phenoxy) is 1. The van der Waals surface area contributed by atoms with Gasteiger partial charge in [-0.2, -0.15) is 12.1 Å². The summed E-state index contributed by atoms with van der Waals surface area (Å²) < 4.78 is 29.1. The van der Waals surface area contributed by atoms with E-state index in [-0.39, 0.29) is 32.4 Å². The van der Waals surface area contributed by atoms with Gasteiger partial charge in [0.1, 0.15) is 11.5 Å². The third-order valence-corrected chi connectivity index (χ3v) is 13.7. The van der Waals surface area contributed by atoms with Gasteiger partial charge in [0.25, 0.3) is 0 Å². The van der Waals surface area contributed by atoms with Crippen LogP contribution in [-0.4, -0.2) is 16.2 Å². The Labute approximate surface area is 423 Å². The number of nitrogens with zero attached hydrogens (tertiary/aromatic N) is 4. The van der Waals surface area contributed by atoms with Crippen molar-refractivity contribution < 1.29 is 28.5 Å². The fourth-order valence-corrected chi connectivity index (χ4v) is 10.7. The van der Waals surface area contributed by atoms with E-state index in [0.29, 0.717) is 32.7 Å². The van der Waals surface area contributed by atoms with E-state index in [1.165, 1.54) is 5.56 Å². The summed E-state index contributed by atoms with van der Waals surface area (Å²) in [6.07, 6.45) is 0.291. The summed E-state index contributed by atoms with van der Waals surface area (Å²) in [6, 6.07) is 73.1. The van der Waals surface area contributed by atoms with E-state index in [2.05, 4.69) is 196 Å². The molecule has 2 aromatic heterocycles. The molecule has 3 aliphatic heterocycles. The van der Waals surface area contributed by atoms with Crippen LogP contribution in [0.4, 0.5) is 22.7 Å². The van der Waals surface area contributed by atoms with Crippen molar-refractivity contribution in [1.29, 1.82) is 0 Å². The van der Waals surface area contributed by atoms with Crippen LogP contribution in [-0.2, 0) is 32.9 Å². The molecule has 69 heavy (non-hydrogen) atoms. The van der Waals surface area contributed by atoms with Crippen LogP contribution in [0.25, 0.3) is 61.0 Å². The normalized spacial score (nSPS) is 17.8. The fraction of sp³-hybridized carbons (Fsp3) is 0.143. The van der Waals surface area contributed by atoms with Gasteiger partial charge < -0.3 is 13.8 Å². The van der Waals surface area contributed by atoms with Crippen molar-refractivity contribution in [2.24, 2.45) is 5.92 Å². The van der Waals surface area contributed by atoms with Gasteiger partial charge in [-0.1, -0.05) is 168 Å². The Bertz CT molecular complexity index is 3580. The van der Waals surface area contributed by atoms with Gasteiger partial charge in [-0.15, -0.1) is 29.7 Å². The molecule has 0 radical (unpaired) electrons. The Morgan fingerprint density at radius 1 is 0.638 bits per heavy atom. The summed E-state index contributed by atoms with van der Waals surface area (Å²) >= 11 is 0. The first-order valence-corrected chi connectivity index (χ1v) is 23.6. The van der Waals surface area contributed by atoms with Crippen molar-refractivity contribution in [3.8, 4) is 50.7 Å². The molecule has 5 nitrogen and oxygen atoms in total. The number of hydrogen-bond donors (Lipinski definition) is 0. The van der Waals surface area contributed by atoms with Crippen molar-refractivity contribution in [3.05, 3.63) is 224 Å². The van der Waals surface area contributed by atoms with Crippen LogP contribution in [0.2, 0.25) is 0 Å². The third kappa shape index (κ3) is 7.47. The number of pyridine rings is 1. The van der Waals surface area contributed by atoms with Gasteiger partial charge in [-0.3, -0.25) is 4.48 Å². The van der Waals surface area contributed by atoms with Gasteiger partial charge >= 0.3 is 0 Å². The molecule has 10 aromatic rings. The molecule has 0 aliphatic carbocycles. The zero-order chi connectivity index (χ0) is 48.0. The summed E-state index contributed by atoms with van der Waals surface area (Å²) in [5, 5.41) is 2.17. The number of quaternary nitrogens is 2. The first-order chi connectivity index (χ1) is 33.9. The largest absolute Gasteiger partial charge is 0.509 e. The molecule has 5 heterocycles. The topological polar surface area (TPSA) is 27.1 Å². The maximum atomic E-state index is 9.66. The molecule has 1 fully saturated rings. The minimum atomic E-state index is -1.61. The van der Waals surface area contributed by atoms with Crippen LogP contribution in [0.15, 0.2) is 194 Å². The molecule has 0 spiro atoms. The van der Waals surface area contributed by atoms with Crippen molar-refractivity contribution in [2.45, 2.75) is 46.4 Å². The standard InChI is InChI=1S/C63H53N4O.Pt/c1-43(2)36-48-24-15-29-59-61(48)67(62-53(45-20-11-7-12-21-45)27-17-28-54(62)46-22-13-8-14-23-46)41-66(59,42-67)50-25-16-26-51(39-50)68-52-31-32-55-56-37-47(44-18-9-6-10-19-44)30-33-57(56)65(58(55)40-52)60-38-49(34-35-64-60)63(3,4)5;/h6-35,37-38,41,43H,36,42H2,1-5H3;/q-1;/t66-,67-;/m1./s1/i36D2;. The van der Waals surface area contributed by atoms with E-state index < -0.39 is 6.37 Å². The number of benzene rings is 8. The smallest absolute Gasteiger partial charge is 0.184 e. The SMILES string of the molecule is [2H]C([2H])(c1cccc2c1[N@@+]1(c3c(-c4ccccc4)cccc3-c3ccccc3)[CH-][N@+]2(c2[c-]c(Oc3[c-]c4c(cc3)c3cc(-c5ccccc5)ccc3n4-c3cc(C(C)(C)C)ccn3)ccc2)C1)C(C)C.[Pt]. The van der Waals surface area contributed by atoms with E-state index in [1.807, 2.05) is 56.4 Å². The minimum Gasteiger partial charge on any atom is -0.509 e. The van der Waals surface area contributed by atoms with Gasteiger partial charge in [0.15, 0.2) is 18.0 Å². The number of para-hydroxylation sites is 2. The molecule has 0 saturated carbocycles. The molecule has 2 atom stereocenters. The molecule has 0 N–H and O–H groups in total. The van der Waals surface area contributed by atoms with Gasteiger partial charge in [0.2, 0.25) is 0 Å². The van der Waals surface area contributed by atoms with Gasteiger partial charge in [0.05, 0.1) is 6.67 Å². The first-order valence-electron chi connectivity index (χ1n) is 24.6. The Morgan fingerprint density at radius 2 is 1.28 bits per heavy atom. The van der Waals surface area contributed by atoms with Crippen LogP contribution in [0.5, 0.6) is 11.5 Å². The fourth-order valence-electron chi connectivity index (χ4n) is 10.7. The monoisotopic (exact) mass is 1080 g/mol. The maximum Gasteiger partial charge on any atom is 0.184 e.